The lowest BCUT2D eigenvalue weighted by Crippen LogP contribution is -2.22. The lowest BCUT2D eigenvalue weighted by molar-refractivity contribution is 0.283. The average Bonchev–Trinajstić information content (AvgIpc) is 2.71. The van der Waals surface area contributed by atoms with E-state index in [1.165, 1.54) is 31.4 Å². The number of allylic oxidation sites excluding steroid dienone is 1. The van der Waals surface area contributed by atoms with Gasteiger partial charge >= 0.3 is 0 Å². The normalized spacial score (nSPS) is 19.6. The minimum absolute atomic E-state index is 0.0636. The zero-order valence-corrected chi connectivity index (χ0v) is 16.1. The molecule has 4 heteroatoms. The number of hydrogen-bond acceptors (Lipinski definition) is 2. The monoisotopic (exact) mass is 378 g/mol. The number of nitrogen functional groups attached to an aromatic ring is 1. The number of hydrogen-bond donors (Lipinski definition) is 1. The maximum absolute atomic E-state index is 14.9. The molecule has 2 aromatic rings. The third kappa shape index (κ3) is 3.20. The number of nitrogens with two attached hydrogens (primary N) is 1. The van der Waals surface area contributed by atoms with E-state index in [1.54, 1.807) is 6.07 Å². The van der Waals surface area contributed by atoms with Gasteiger partial charge in [-0.2, -0.15) is 5.26 Å². The first-order valence-corrected chi connectivity index (χ1v) is 9.99. The summed E-state index contributed by atoms with van der Waals surface area (Å²) in [6, 6.07) is 8.46. The van der Waals surface area contributed by atoms with E-state index in [2.05, 4.69) is 6.07 Å². The van der Waals surface area contributed by atoms with Gasteiger partial charge in [0, 0.05) is 0 Å². The zero-order valence-electron chi connectivity index (χ0n) is 16.1. The molecule has 0 heterocycles. The number of halogens is 2. The number of nitrogens with zero attached hydrogens (tertiary/aromatic N) is 1. The van der Waals surface area contributed by atoms with Crippen LogP contribution >= 0.6 is 0 Å². The quantitative estimate of drug-likeness (QED) is 0.660. The second-order valence-corrected chi connectivity index (χ2v) is 8.11. The molecule has 1 fully saturated rings. The minimum Gasteiger partial charge on any atom is -0.396 e. The Hall–Kier alpha value is -2.67. The van der Waals surface area contributed by atoms with E-state index < -0.39 is 11.6 Å². The van der Waals surface area contributed by atoms with E-state index in [1.807, 2.05) is 19.1 Å². The number of benzene rings is 2. The molecular weight excluding hydrogens is 354 g/mol. The van der Waals surface area contributed by atoms with E-state index in [0.717, 1.165) is 36.0 Å². The molecule has 2 aliphatic rings. The van der Waals surface area contributed by atoms with Gasteiger partial charge in [-0.05, 0) is 78.5 Å². The fraction of sp³-hybridized carbons (Fsp3) is 0.375. The molecule has 2 aromatic carbocycles. The molecule has 1 unspecified atom stereocenters. The van der Waals surface area contributed by atoms with Crippen molar-refractivity contribution >= 4 is 11.3 Å². The molecule has 0 bridgehead atoms. The standard InChI is InChI=1S/C24H24F2N2/c1-14-9-17-10-16(15-5-3-2-4-6-15)11-20(19(17)12-18(14)13-27)23-21(25)7-8-22(28)24(23)26/h7-9,11-12,15-16H,2-6,10,28H2,1H3. The Balaban J connectivity index is 1.91. The predicted molar refractivity (Wildman–Crippen MR) is 108 cm³/mol. The van der Waals surface area contributed by atoms with Crippen LogP contribution in [-0.2, 0) is 6.42 Å². The van der Waals surface area contributed by atoms with Crippen LogP contribution in [-0.4, -0.2) is 0 Å². The van der Waals surface area contributed by atoms with Crippen LogP contribution in [0.3, 0.4) is 0 Å². The lowest BCUT2D eigenvalue weighted by Gasteiger charge is -2.33. The van der Waals surface area contributed by atoms with Crippen molar-refractivity contribution in [2.45, 2.75) is 45.4 Å². The topological polar surface area (TPSA) is 49.8 Å². The van der Waals surface area contributed by atoms with Crippen molar-refractivity contribution in [1.29, 1.82) is 5.26 Å². The second kappa shape index (κ2) is 7.39. The summed E-state index contributed by atoms with van der Waals surface area (Å²) in [5, 5.41) is 9.45. The minimum atomic E-state index is -0.722. The third-order valence-corrected chi connectivity index (χ3v) is 6.34. The van der Waals surface area contributed by atoms with Crippen molar-refractivity contribution in [2.75, 3.05) is 5.73 Å². The molecule has 0 amide bonds. The summed E-state index contributed by atoms with van der Waals surface area (Å²) in [7, 11) is 0. The number of nitriles is 1. The molecule has 2 aliphatic carbocycles. The highest BCUT2D eigenvalue weighted by molar-refractivity contribution is 5.85. The maximum Gasteiger partial charge on any atom is 0.156 e. The van der Waals surface area contributed by atoms with Gasteiger partial charge < -0.3 is 5.73 Å². The van der Waals surface area contributed by atoms with Crippen molar-refractivity contribution in [3.05, 3.63) is 69.8 Å². The van der Waals surface area contributed by atoms with E-state index in [9.17, 15) is 14.0 Å². The highest BCUT2D eigenvalue weighted by Crippen LogP contribution is 2.43. The van der Waals surface area contributed by atoms with Crippen molar-refractivity contribution in [2.24, 2.45) is 11.8 Å². The molecular formula is C24H24F2N2. The first kappa shape index (κ1) is 18.7. The molecule has 28 heavy (non-hydrogen) atoms. The Morgan fingerprint density at radius 2 is 1.86 bits per heavy atom. The van der Waals surface area contributed by atoms with Crippen LogP contribution < -0.4 is 5.73 Å². The highest BCUT2D eigenvalue weighted by atomic mass is 19.1. The largest absolute Gasteiger partial charge is 0.396 e. The number of anilines is 1. The fourth-order valence-corrected chi connectivity index (χ4v) is 4.82. The Morgan fingerprint density at radius 3 is 2.57 bits per heavy atom. The highest BCUT2D eigenvalue weighted by Gasteiger charge is 2.30. The van der Waals surface area contributed by atoms with Gasteiger partial charge in [-0.1, -0.05) is 31.4 Å². The molecule has 0 aliphatic heterocycles. The predicted octanol–water partition coefficient (Wildman–Crippen LogP) is 5.91. The van der Waals surface area contributed by atoms with Crippen LogP contribution in [0.4, 0.5) is 14.5 Å². The molecule has 4 rings (SSSR count). The van der Waals surface area contributed by atoms with Crippen molar-refractivity contribution in [1.82, 2.24) is 0 Å². The average molecular weight is 378 g/mol. The first-order chi connectivity index (χ1) is 13.5. The molecule has 144 valence electrons. The Labute approximate surface area is 164 Å². The lowest BCUT2D eigenvalue weighted by atomic mass is 9.71. The molecule has 0 spiro atoms. The van der Waals surface area contributed by atoms with Crippen LogP contribution in [0.2, 0.25) is 0 Å². The first-order valence-electron chi connectivity index (χ1n) is 9.99. The van der Waals surface area contributed by atoms with Gasteiger partial charge in [-0.3, -0.25) is 0 Å². The van der Waals surface area contributed by atoms with E-state index >= 15 is 0 Å². The van der Waals surface area contributed by atoms with E-state index in [0.29, 0.717) is 17.1 Å². The molecule has 0 saturated heterocycles. The van der Waals surface area contributed by atoms with E-state index in [4.69, 9.17) is 5.73 Å². The summed E-state index contributed by atoms with van der Waals surface area (Å²) in [5.41, 5.74) is 9.39. The van der Waals surface area contributed by atoms with Crippen LogP contribution in [0.25, 0.3) is 5.57 Å². The molecule has 0 radical (unpaired) electrons. The number of rotatable bonds is 2. The van der Waals surface area contributed by atoms with Crippen molar-refractivity contribution in [3.63, 3.8) is 0 Å². The summed E-state index contributed by atoms with van der Waals surface area (Å²) in [5.74, 6) is -0.566. The van der Waals surface area contributed by atoms with Gasteiger partial charge in [-0.25, -0.2) is 8.78 Å². The molecule has 1 atom stereocenters. The smallest absolute Gasteiger partial charge is 0.156 e. The second-order valence-electron chi connectivity index (χ2n) is 8.11. The zero-order chi connectivity index (χ0) is 19.8. The Kier molecular flexibility index (Phi) is 4.93. The molecule has 2 nitrogen and oxygen atoms in total. The molecule has 2 N–H and O–H groups in total. The SMILES string of the molecule is Cc1cc2c(cc1C#N)C(c1c(F)ccc(N)c1F)=CC(C1CCCCC1)C2. The van der Waals surface area contributed by atoms with Crippen LogP contribution in [0, 0.1) is 41.7 Å². The van der Waals surface area contributed by atoms with Gasteiger partial charge in [0.1, 0.15) is 5.82 Å². The van der Waals surface area contributed by atoms with E-state index in [-0.39, 0.29) is 17.2 Å². The Morgan fingerprint density at radius 1 is 1.11 bits per heavy atom. The van der Waals surface area contributed by atoms with Crippen LogP contribution in [0.15, 0.2) is 30.3 Å². The van der Waals surface area contributed by atoms with Gasteiger partial charge in [0.25, 0.3) is 0 Å². The van der Waals surface area contributed by atoms with Gasteiger partial charge in [-0.15, -0.1) is 0 Å². The van der Waals surface area contributed by atoms with Gasteiger partial charge in [0.15, 0.2) is 5.82 Å². The number of aryl methyl sites for hydroxylation is 1. The number of fused-ring (bicyclic) bond motifs is 1. The van der Waals surface area contributed by atoms with Gasteiger partial charge in [0.2, 0.25) is 0 Å². The van der Waals surface area contributed by atoms with Crippen LogP contribution in [0.5, 0.6) is 0 Å². The summed E-state index contributed by atoms with van der Waals surface area (Å²) < 4.78 is 29.6. The third-order valence-electron chi connectivity index (χ3n) is 6.34. The summed E-state index contributed by atoms with van der Waals surface area (Å²) in [6.45, 7) is 1.91. The molecule has 0 aromatic heterocycles. The maximum atomic E-state index is 14.9. The van der Waals surface area contributed by atoms with Crippen LogP contribution in [0.1, 0.15) is 59.9 Å². The summed E-state index contributed by atoms with van der Waals surface area (Å²) in [4.78, 5) is 0. The Bertz CT molecular complexity index is 995. The summed E-state index contributed by atoms with van der Waals surface area (Å²) in [6.07, 6.45) is 8.88. The van der Waals surface area contributed by atoms with Crippen molar-refractivity contribution < 1.29 is 8.78 Å². The fourth-order valence-electron chi connectivity index (χ4n) is 4.82. The van der Waals surface area contributed by atoms with Gasteiger partial charge in [0.05, 0.1) is 22.9 Å². The molecule has 1 saturated carbocycles. The van der Waals surface area contributed by atoms with Crippen molar-refractivity contribution in [3.8, 4) is 6.07 Å². The summed E-state index contributed by atoms with van der Waals surface area (Å²) >= 11 is 0.